The zero-order chi connectivity index (χ0) is 36.4. The molecule has 0 radical (unpaired) electrons. The van der Waals surface area contributed by atoms with E-state index in [4.69, 9.17) is 0 Å². The van der Waals surface area contributed by atoms with Gasteiger partial charge in [0.2, 0.25) is 5.91 Å². The smallest absolute Gasteiger partial charge is 0.331 e. The van der Waals surface area contributed by atoms with Gasteiger partial charge in [-0.2, -0.15) is 8.42 Å². The van der Waals surface area contributed by atoms with Crippen LogP contribution < -0.4 is 20.3 Å². The number of nitrogens with one attached hydrogen (secondary N) is 3. The van der Waals surface area contributed by atoms with Crippen LogP contribution in [0.15, 0.2) is 72.5 Å². The van der Waals surface area contributed by atoms with E-state index in [9.17, 15) is 32.7 Å². The molecule has 2 saturated heterocycles. The van der Waals surface area contributed by atoms with Crippen molar-refractivity contribution >= 4 is 45.2 Å². The summed E-state index contributed by atoms with van der Waals surface area (Å²) in [6.07, 6.45) is 6.92. The molecule has 4 N–H and O–H groups in total. The summed E-state index contributed by atoms with van der Waals surface area (Å²) in [7, 11) is -2.90. The molecule has 0 bridgehead atoms. The van der Waals surface area contributed by atoms with E-state index in [0.717, 1.165) is 11.0 Å². The van der Waals surface area contributed by atoms with Gasteiger partial charge in [0.25, 0.3) is 15.9 Å². The summed E-state index contributed by atoms with van der Waals surface area (Å²) in [5, 5.41) is 14.6. The minimum absolute atomic E-state index is 0.145. The van der Waals surface area contributed by atoms with E-state index in [0.29, 0.717) is 42.8 Å². The number of sulfonamides is 1. The highest BCUT2D eigenvalue weighted by molar-refractivity contribution is 7.92. The Morgan fingerprint density at radius 2 is 1.78 bits per heavy atom. The number of rotatable bonds is 10. The number of hydrogen-bond donors (Lipinski definition) is 4. The van der Waals surface area contributed by atoms with Crippen molar-refractivity contribution in [3.63, 3.8) is 0 Å². The van der Waals surface area contributed by atoms with E-state index in [1.807, 2.05) is 4.72 Å². The normalized spacial score (nSPS) is 18.2. The molecule has 5 heterocycles. The molecular formula is C32H29F2N9O7S. The number of piperidine rings is 1. The summed E-state index contributed by atoms with van der Waals surface area (Å²) in [4.78, 5) is 69.5. The number of halogens is 2. The Bertz CT molecular complexity index is 2110. The van der Waals surface area contributed by atoms with Crippen molar-refractivity contribution in [1.29, 1.82) is 0 Å². The third-order valence-corrected chi connectivity index (χ3v) is 9.79. The van der Waals surface area contributed by atoms with E-state index in [1.54, 1.807) is 7.05 Å². The molecule has 0 aliphatic carbocycles. The largest absolute Gasteiger partial charge is 0.480 e. The number of hydrogen-bond acceptors (Lipinski definition) is 11. The van der Waals surface area contributed by atoms with Crippen LogP contribution >= 0.6 is 0 Å². The first kappa shape index (κ1) is 34.9. The molecule has 19 heteroatoms. The number of aliphatic carboxylic acids is 1. The van der Waals surface area contributed by atoms with Crippen molar-refractivity contribution in [2.75, 3.05) is 29.8 Å². The molecule has 51 heavy (non-hydrogen) atoms. The van der Waals surface area contributed by atoms with Crippen LogP contribution in [-0.2, 0) is 26.0 Å². The Morgan fingerprint density at radius 3 is 2.45 bits per heavy atom. The van der Waals surface area contributed by atoms with Crippen molar-refractivity contribution in [2.24, 2.45) is 5.92 Å². The van der Waals surface area contributed by atoms with Gasteiger partial charge in [0.15, 0.2) is 5.03 Å². The number of carbonyl (C=O) groups is 4. The molecule has 2 aliphatic rings. The Kier molecular flexibility index (Phi) is 9.66. The Balaban J connectivity index is 1.12. The molecule has 0 saturated carbocycles. The highest BCUT2D eigenvalue weighted by Gasteiger charge is 2.46. The lowest BCUT2D eigenvalue weighted by molar-refractivity contribution is -0.139. The van der Waals surface area contributed by atoms with Gasteiger partial charge in [0.1, 0.15) is 24.0 Å². The molecule has 2 fully saturated rings. The van der Waals surface area contributed by atoms with Gasteiger partial charge in [-0.05, 0) is 43.3 Å². The summed E-state index contributed by atoms with van der Waals surface area (Å²) < 4.78 is 57.7. The lowest BCUT2D eigenvalue weighted by Crippen LogP contribution is -2.65. The van der Waals surface area contributed by atoms with Crippen molar-refractivity contribution < 1.29 is 41.5 Å². The number of carboxylic acid groups (broad SMARTS) is 1. The van der Waals surface area contributed by atoms with E-state index in [2.05, 4.69) is 30.6 Å². The lowest BCUT2D eigenvalue weighted by Gasteiger charge is -2.45. The predicted molar refractivity (Wildman–Crippen MR) is 175 cm³/mol. The molecule has 0 spiro atoms. The summed E-state index contributed by atoms with van der Waals surface area (Å²) in [6, 6.07) is 3.77. The van der Waals surface area contributed by atoms with Crippen molar-refractivity contribution in [2.45, 2.75) is 30.0 Å². The van der Waals surface area contributed by atoms with Gasteiger partial charge in [0.05, 0.1) is 35.1 Å². The number of carbonyl (C=O) groups excluding carboxylic acids is 3. The van der Waals surface area contributed by atoms with Crippen LogP contribution in [0.1, 0.15) is 22.5 Å². The minimum Gasteiger partial charge on any atom is -0.480 e. The predicted octanol–water partition coefficient (Wildman–Crippen LogP) is 1.81. The summed E-state index contributed by atoms with van der Waals surface area (Å²) in [6.45, 7) is 1.12. The van der Waals surface area contributed by atoms with Crippen molar-refractivity contribution in [1.82, 2.24) is 35.5 Å². The summed E-state index contributed by atoms with van der Waals surface area (Å²) in [5.41, 5.74) is -0.320. The fraction of sp³-hybridized carbons (Fsp3) is 0.250. The van der Waals surface area contributed by atoms with Gasteiger partial charge in [-0.15, -0.1) is 0 Å². The number of imide groups is 1. The Labute approximate surface area is 289 Å². The minimum atomic E-state index is -4.50. The number of anilines is 2. The first-order chi connectivity index (χ1) is 24.3. The third-order valence-electron chi connectivity index (χ3n) is 8.51. The Morgan fingerprint density at radius 1 is 1.02 bits per heavy atom. The molecule has 4 aromatic rings. The Hall–Kier alpha value is -5.95. The number of urea groups is 1. The van der Waals surface area contributed by atoms with Crippen LogP contribution in [0.5, 0.6) is 0 Å². The second-order valence-electron chi connectivity index (χ2n) is 11.7. The van der Waals surface area contributed by atoms with Crippen molar-refractivity contribution in [3.8, 4) is 11.1 Å². The second kappa shape index (κ2) is 14.1. The fourth-order valence-corrected chi connectivity index (χ4v) is 6.79. The van der Waals surface area contributed by atoms with Gasteiger partial charge in [-0.25, -0.2) is 38.2 Å². The quantitative estimate of drug-likeness (QED) is 0.184. The molecule has 2 unspecified atom stereocenters. The molecule has 1 aromatic carbocycles. The van der Waals surface area contributed by atoms with Gasteiger partial charge in [-0.3, -0.25) is 19.3 Å². The van der Waals surface area contributed by atoms with Crippen LogP contribution in [0.25, 0.3) is 11.1 Å². The summed E-state index contributed by atoms with van der Waals surface area (Å²) >= 11 is 0. The maximum atomic E-state index is 15.1. The van der Waals surface area contributed by atoms with Crippen molar-refractivity contribution in [3.05, 3.63) is 90.4 Å². The first-order valence-electron chi connectivity index (χ1n) is 15.4. The highest BCUT2D eigenvalue weighted by Crippen LogP contribution is 2.30. The number of likely N-dealkylation sites (N-methyl/N-ethyl adjacent to an activating group) is 1. The highest BCUT2D eigenvalue weighted by atomic mass is 32.2. The monoisotopic (exact) mass is 721 g/mol. The van der Waals surface area contributed by atoms with Crippen LogP contribution in [0.3, 0.4) is 0 Å². The van der Waals surface area contributed by atoms with Gasteiger partial charge < -0.3 is 20.6 Å². The topological polar surface area (TPSA) is 217 Å². The molecule has 3 aromatic heterocycles. The number of benzene rings is 1. The molecule has 3 atom stereocenters. The molecule has 4 amide bonds. The average molecular weight is 722 g/mol. The molecule has 264 valence electrons. The number of carboxylic acids is 1. The second-order valence-corrected chi connectivity index (χ2v) is 13.4. The molecule has 2 aliphatic heterocycles. The lowest BCUT2D eigenvalue weighted by atomic mass is 9.88. The van der Waals surface area contributed by atoms with E-state index in [-0.39, 0.29) is 23.3 Å². The van der Waals surface area contributed by atoms with E-state index >= 15 is 8.78 Å². The van der Waals surface area contributed by atoms with Crippen LogP contribution in [-0.4, -0.2) is 94.4 Å². The maximum absolute atomic E-state index is 15.1. The zero-order valence-electron chi connectivity index (χ0n) is 26.7. The number of fused-ring (bicyclic) bond motifs is 1. The van der Waals surface area contributed by atoms with Crippen LogP contribution in [0, 0.1) is 17.6 Å². The number of amides is 4. The average Bonchev–Trinajstić information content (AvgIpc) is 3.12. The van der Waals surface area contributed by atoms with Gasteiger partial charge in [-0.1, -0.05) is 0 Å². The number of aromatic nitrogens is 4. The van der Waals surface area contributed by atoms with E-state index in [1.165, 1.54) is 54.2 Å². The first-order valence-corrected chi connectivity index (χ1v) is 16.9. The number of pyridine rings is 2. The molecular weight excluding hydrogens is 692 g/mol. The van der Waals surface area contributed by atoms with Gasteiger partial charge >= 0.3 is 12.0 Å². The fourth-order valence-electron chi connectivity index (χ4n) is 5.80. The summed E-state index contributed by atoms with van der Waals surface area (Å²) in [5.74, 6) is -6.25. The van der Waals surface area contributed by atoms with Gasteiger partial charge in [0, 0.05) is 61.5 Å². The molecule has 16 nitrogen and oxygen atoms in total. The van der Waals surface area contributed by atoms with Crippen LogP contribution in [0.4, 0.5) is 25.0 Å². The number of nitrogens with zero attached hydrogens (tertiary/aromatic N) is 6. The zero-order valence-corrected chi connectivity index (χ0v) is 27.5. The van der Waals surface area contributed by atoms with Crippen LogP contribution in [0.2, 0.25) is 0 Å². The maximum Gasteiger partial charge on any atom is 0.331 e. The van der Waals surface area contributed by atoms with E-state index < -0.39 is 74.2 Å². The molecule has 6 rings (SSSR count). The third kappa shape index (κ3) is 7.19. The SMILES string of the molecule is CN1C(=O)N(c2ccc(C[C@H](NC(=O)c3cc(F)c(NS(=O)(=O)c4ccc(-c5cncnc5)cn4)cc3F)C(=O)O)nc2)C(=O)C2CCNCC21. The standard InChI is InChI=1S/C32H29F2N9O7S/c1-42-27-15-35-7-6-21(27)30(45)43(32(42)48)20-4-3-19(38-14-20)8-26(31(46)47)40-29(44)22-9-24(34)25(10-23(22)33)41-51(49,50)28-5-2-17(13-39-28)18-11-36-16-37-12-18/h2-5,9-14,16,21,26-27,35,41H,6-8,15H2,1H3,(H,40,44)(H,46,47)/t21?,26-,27?/m0/s1.